The Labute approximate surface area is 192 Å². The molecule has 0 aromatic heterocycles. The molecule has 0 bridgehead atoms. The van der Waals surface area contributed by atoms with Crippen LogP contribution in [0, 0.1) is 6.57 Å². The molecule has 2 aromatic carbocycles. The molecule has 2 amide bonds. The highest BCUT2D eigenvalue weighted by Gasteiger charge is 2.36. The van der Waals surface area contributed by atoms with Crippen LogP contribution in [0.25, 0.3) is 10.9 Å². The zero-order valence-corrected chi connectivity index (χ0v) is 19.1. The van der Waals surface area contributed by atoms with Crippen molar-refractivity contribution in [3.05, 3.63) is 94.5 Å². The van der Waals surface area contributed by atoms with E-state index in [2.05, 4.69) is 4.85 Å². The molecular weight excluding hydrogens is 440 g/mol. The highest BCUT2D eigenvalue weighted by molar-refractivity contribution is 7.89. The lowest BCUT2D eigenvalue weighted by Gasteiger charge is -2.27. The normalized spacial score (nSPS) is 16.0. The number of benzene rings is 2. The molecule has 0 atom stereocenters. The van der Waals surface area contributed by atoms with Crippen LogP contribution in [0.4, 0.5) is 11.4 Å². The molecule has 2 aromatic rings. The van der Waals surface area contributed by atoms with Crippen LogP contribution in [0.15, 0.2) is 82.4 Å². The van der Waals surface area contributed by atoms with E-state index in [-0.39, 0.29) is 27.4 Å². The Bertz CT molecular complexity index is 1340. The zero-order chi connectivity index (χ0) is 24.3. The van der Waals surface area contributed by atoms with Crippen molar-refractivity contribution in [3.8, 4) is 0 Å². The number of hydrogen-bond acceptors (Lipinski definition) is 5. The molecule has 0 spiro atoms. The smallest absolute Gasteiger partial charge is 0.264 e. The topological polar surface area (TPSA) is 105 Å². The van der Waals surface area contributed by atoms with Gasteiger partial charge in [-0.05, 0) is 54.5 Å². The molecule has 9 heteroatoms. The van der Waals surface area contributed by atoms with E-state index in [9.17, 15) is 18.0 Å². The molecule has 0 unspecified atom stereocenters. The molecule has 3 rings (SSSR count). The van der Waals surface area contributed by atoms with Gasteiger partial charge in [0.25, 0.3) is 17.5 Å². The van der Waals surface area contributed by atoms with E-state index in [0.29, 0.717) is 0 Å². The quantitative estimate of drug-likeness (QED) is 0.418. The van der Waals surface area contributed by atoms with Gasteiger partial charge in [0.1, 0.15) is 0 Å². The van der Waals surface area contributed by atoms with Gasteiger partial charge >= 0.3 is 0 Å². The van der Waals surface area contributed by atoms with Crippen molar-refractivity contribution in [1.29, 1.82) is 0 Å². The molecule has 1 heterocycles. The largest absolute Gasteiger partial charge is 0.378 e. The molecule has 0 radical (unpaired) electrons. The molecule has 168 valence electrons. The van der Waals surface area contributed by atoms with Crippen molar-refractivity contribution in [2.75, 3.05) is 23.9 Å². The number of carbonyl (C=O) groups excluding carboxylic acids is 2. The third-order valence-corrected chi connectivity index (χ3v) is 6.02. The first-order valence-corrected chi connectivity index (χ1v) is 11.4. The minimum atomic E-state index is -3.93. The molecule has 1 aliphatic heterocycles. The Morgan fingerprint density at radius 1 is 1.00 bits per heavy atom. The molecule has 0 saturated heterocycles. The van der Waals surface area contributed by atoms with E-state index in [1.807, 2.05) is 49.3 Å². The molecule has 33 heavy (non-hydrogen) atoms. The molecule has 8 nitrogen and oxygen atoms in total. The van der Waals surface area contributed by atoms with Gasteiger partial charge in [-0.15, -0.1) is 0 Å². The van der Waals surface area contributed by atoms with Crippen LogP contribution >= 0.6 is 0 Å². The van der Waals surface area contributed by atoms with E-state index in [0.717, 1.165) is 16.2 Å². The number of nitrogens with zero attached hydrogens (tertiary/aromatic N) is 3. The van der Waals surface area contributed by atoms with E-state index in [1.54, 1.807) is 19.1 Å². The maximum atomic E-state index is 13.2. The molecule has 0 aliphatic carbocycles. The average molecular weight is 463 g/mol. The van der Waals surface area contributed by atoms with Crippen molar-refractivity contribution in [2.45, 2.75) is 11.8 Å². The Balaban J connectivity index is 1.98. The number of imide groups is 1. The minimum absolute atomic E-state index is 0.139. The number of allylic oxidation sites excluding steroid dienone is 2. The summed E-state index contributed by atoms with van der Waals surface area (Å²) in [5.41, 5.74) is 2.40. The van der Waals surface area contributed by atoms with Gasteiger partial charge in [0.2, 0.25) is 10.0 Å². The lowest BCUT2D eigenvalue weighted by molar-refractivity contribution is -0.123. The van der Waals surface area contributed by atoms with Gasteiger partial charge in [-0.25, -0.2) is 18.4 Å². The third-order valence-electron chi connectivity index (χ3n) is 5.09. The molecule has 2 N–H and O–H groups in total. The molecule has 1 aliphatic rings. The van der Waals surface area contributed by atoms with E-state index in [4.69, 9.17) is 11.7 Å². The number of anilines is 2. The van der Waals surface area contributed by atoms with Gasteiger partial charge in [-0.1, -0.05) is 30.4 Å². The number of primary sulfonamides is 1. The van der Waals surface area contributed by atoms with Gasteiger partial charge < -0.3 is 4.90 Å². The van der Waals surface area contributed by atoms with Crippen LogP contribution in [0.3, 0.4) is 0 Å². The van der Waals surface area contributed by atoms with Crippen molar-refractivity contribution in [3.63, 3.8) is 0 Å². The highest BCUT2D eigenvalue weighted by atomic mass is 32.2. The fourth-order valence-electron chi connectivity index (χ4n) is 3.25. The molecule has 0 fully saturated rings. The average Bonchev–Trinajstić information content (AvgIpc) is 2.76. The van der Waals surface area contributed by atoms with Crippen LogP contribution in [0.5, 0.6) is 0 Å². The van der Waals surface area contributed by atoms with Crippen LogP contribution in [-0.4, -0.2) is 34.3 Å². The maximum Gasteiger partial charge on any atom is 0.264 e. The lowest BCUT2D eigenvalue weighted by atomic mass is 9.97. The van der Waals surface area contributed by atoms with Crippen molar-refractivity contribution in [1.82, 2.24) is 0 Å². The summed E-state index contributed by atoms with van der Waals surface area (Å²) in [6.45, 7) is 8.96. The van der Waals surface area contributed by atoms with Gasteiger partial charge in [-0.3, -0.25) is 14.5 Å². The lowest BCUT2D eigenvalue weighted by Crippen LogP contribution is -2.42. The number of amides is 2. The monoisotopic (exact) mass is 462 g/mol. The first kappa shape index (κ1) is 23.7. The first-order valence-electron chi connectivity index (χ1n) is 9.80. The Morgan fingerprint density at radius 3 is 2.12 bits per heavy atom. The van der Waals surface area contributed by atoms with Crippen LogP contribution in [-0.2, 0) is 19.6 Å². The summed E-state index contributed by atoms with van der Waals surface area (Å²) in [6.07, 6.45) is 5.05. The summed E-state index contributed by atoms with van der Waals surface area (Å²) in [6, 6.07) is 12.8. The first-order chi connectivity index (χ1) is 15.5. The van der Waals surface area contributed by atoms with Crippen LogP contribution in [0.1, 0.15) is 12.5 Å². The summed E-state index contributed by atoms with van der Waals surface area (Å²) in [5.74, 6) is -1.38. The fraction of sp³-hybridized carbons (Fsp3) is 0.125. The second-order valence-corrected chi connectivity index (χ2v) is 9.06. The summed E-state index contributed by atoms with van der Waals surface area (Å²) >= 11 is 0. The fourth-order valence-corrected chi connectivity index (χ4v) is 3.77. The van der Waals surface area contributed by atoms with E-state index in [1.165, 1.54) is 24.3 Å². The predicted molar refractivity (Wildman–Crippen MR) is 127 cm³/mol. The summed E-state index contributed by atoms with van der Waals surface area (Å²) in [4.78, 5) is 32.0. The molecular formula is C24H22N4O4S. The Morgan fingerprint density at radius 2 is 1.61 bits per heavy atom. The summed E-state index contributed by atoms with van der Waals surface area (Å²) in [7, 11) is -0.0318. The number of sulfonamides is 1. The zero-order valence-electron chi connectivity index (χ0n) is 18.3. The van der Waals surface area contributed by atoms with Crippen molar-refractivity contribution >= 4 is 39.3 Å². The standard InChI is InChI=1S/C24H22N4O4S/c1-16-21(7-5-6-17-8-10-18(11-9-17)27(3)4)23(29)28(24(30)22(16)26-2)19-12-14-20(15-13-19)33(25,31)32/h5-15H,1,3-4H3,(H2,25,31,32)/b6-5?,21-7-. The van der Waals surface area contributed by atoms with Crippen LogP contribution < -0.4 is 14.9 Å². The van der Waals surface area contributed by atoms with E-state index >= 15 is 0 Å². The molecule has 0 saturated carbocycles. The Hall–Kier alpha value is -4.00. The highest BCUT2D eigenvalue weighted by Crippen LogP contribution is 2.31. The Kier molecular flexibility index (Phi) is 6.62. The third kappa shape index (κ3) is 4.92. The number of nitrogens with two attached hydrogens (primary N) is 1. The second kappa shape index (κ2) is 9.24. The predicted octanol–water partition coefficient (Wildman–Crippen LogP) is 3.11. The maximum absolute atomic E-state index is 13.2. The summed E-state index contributed by atoms with van der Waals surface area (Å²) in [5, 5.41) is 5.11. The number of hydrogen-bond donors (Lipinski definition) is 1. The minimum Gasteiger partial charge on any atom is -0.378 e. The number of carbonyl (C=O) groups is 2. The van der Waals surface area contributed by atoms with Crippen molar-refractivity contribution < 1.29 is 18.0 Å². The number of rotatable bonds is 5. The van der Waals surface area contributed by atoms with Gasteiger partial charge in [0, 0.05) is 25.4 Å². The van der Waals surface area contributed by atoms with Gasteiger partial charge in [0.15, 0.2) is 0 Å². The second-order valence-electron chi connectivity index (χ2n) is 7.50. The van der Waals surface area contributed by atoms with Crippen molar-refractivity contribution in [2.24, 2.45) is 5.14 Å². The van der Waals surface area contributed by atoms with Gasteiger partial charge in [-0.2, -0.15) is 0 Å². The van der Waals surface area contributed by atoms with Crippen LogP contribution in [0.2, 0.25) is 0 Å². The SMILES string of the molecule is [C-]#[N+]C1=C(C)/C(=C/C=Cc2ccc(N(C)C)cc2)C(=O)N(c2ccc(S(N)(=O)=O)cc2)C1=O. The van der Waals surface area contributed by atoms with Gasteiger partial charge in [0.05, 0.1) is 17.2 Å². The van der Waals surface area contributed by atoms with E-state index < -0.39 is 21.8 Å². The summed E-state index contributed by atoms with van der Waals surface area (Å²) < 4.78 is 23.0.